The number of piperidine rings is 2. The Kier molecular flexibility index (Phi) is 5.53. The molecule has 2 unspecified atom stereocenters. The van der Waals surface area contributed by atoms with Crippen molar-refractivity contribution in [2.45, 2.75) is 69.2 Å². The smallest absolute Gasteiger partial charge is 0.410 e. The lowest BCUT2D eigenvalue weighted by Gasteiger charge is -2.46. The maximum absolute atomic E-state index is 12.2. The maximum Gasteiger partial charge on any atom is 0.410 e. The van der Waals surface area contributed by atoms with Gasteiger partial charge < -0.3 is 19.1 Å². The van der Waals surface area contributed by atoms with E-state index in [2.05, 4.69) is 4.90 Å². The van der Waals surface area contributed by atoms with Gasteiger partial charge in [0.2, 0.25) is 0 Å². The quantitative estimate of drug-likeness (QED) is 0.717. The Balaban J connectivity index is 1.59. The van der Waals surface area contributed by atoms with Gasteiger partial charge in [-0.15, -0.1) is 0 Å². The van der Waals surface area contributed by atoms with Gasteiger partial charge >= 0.3 is 12.1 Å². The predicted molar refractivity (Wildman–Crippen MR) is 91.3 cm³/mol. The Morgan fingerprint density at radius 2 is 1.64 bits per heavy atom. The lowest BCUT2D eigenvalue weighted by molar-refractivity contribution is -0.173. The number of fused-ring (bicyclic) bond motifs is 2. The van der Waals surface area contributed by atoms with E-state index in [-0.39, 0.29) is 24.1 Å². The molecule has 2 bridgehead atoms. The van der Waals surface area contributed by atoms with Gasteiger partial charge in [0.1, 0.15) is 0 Å². The third kappa shape index (κ3) is 3.36. The normalized spacial score (nSPS) is 31.6. The zero-order chi connectivity index (χ0) is 18.0. The molecule has 0 aromatic heterocycles. The zero-order valence-electron chi connectivity index (χ0n) is 15.5. The van der Waals surface area contributed by atoms with E-state index >= 15 is 0 Å². The van der Waals surface area contributed by atoms with Crippen LogP contribution in [-0.2, 0) is 19.0 Å². The fourth-order valence-corrected chi connectivity index (χ4v) is 4.87. The second-order valence-corrected chi connectivity index (χ2v) is 7.34. The number of hydrogen-bond donors (Lipinski definition) is 0. The molecule has 3 heterocycles. The molecule has 0 aliphatic carbocycles. The van der Waals surface area contributed by atoms with E-state index in [4.69, 9.17) is 14.2 Å². The highest BCUT2D eigenvalue weighted by atomic mass is 16.6. The number of methoxy groups -OCH3 is 2. The second-order valence-electron chi connectivity index (χ2n) is 7.34. The number of hydrogen-bond acceptors (Lipinski definition) is 6. The molecule has 0 radical (unpaired) electrons. The van der Waals surface area contributed by atoms with Crippen LogP contribution in [-0.4, -0.2) is 79.5 Å². The van der Waals surface area contributed by atoms with Gasteiger partial charge in [-0.2, -0.15) is 0 Å². The van der Waals surface area contributed by atoms with Crippen molar-refractivity contribution in [3.63, 3.8) is 0 Å². The van der Waals surface area contributed by atoms with Crippen molar-refractivity contribution in [3.05, 3.63) is 0 Å². The molecular formula is C18H30N2O5. The topological polar surface area (TPSA) is 68.3 Å². The van der Waals surface area contributed by atoms with Crippen LogP contribution in [0, 0.1) is 0 Å². The van der Waals surface area contributed by atoms with Crippen molar-refractivity contribution in [1.29, 1.82) is 0 Å². The summed E-state index contributed by atoms with van der Waals surface area (Å²) in [5.74, 6) is -0.271. The molecule has 2 atom stereocenters. The Morgan fingerprint density at radius 3 is 2.12 bits per heavy atom. The first-order valence-corrected chi connectivity index (χ1v) is 9.37. The largest absolute Gasteiger partial charge is 0.467 e. The summed E-state index contributed by atoms with van der Waals surface area (Å²) in [4.78, 5) is 28.7. The van der Waals surface area contributed by atoms with Gasteiger partial charge in [0.05, 0.1) is 13.7 Å². The van der Waals surface area contributed by atoms with Crippen LogP contribution < -0.4 is 0 Å². The molecule has 0 aromatic carbocycles. The van der Waals surface area contributed by atoms with Gasteiger partial charge in [0.15, 0.2) is 5.60 Å². The minimum Gasteiger partial charge on any atom is -0.467 e. The number of carbonyl (C=O) groups excluding carboxylic acids is 2. The Morgan fingerprint density at radius 1 is 1.04 bits per heavy atom. The van der Waals surface area contributed by atoms with Crippen LogP contribution in [0.15, 0.2) is 0 Å². The zero-order valence-corrected chi connectivity index (χ0v) is 15.5. The molecule has 0 saturated carbocycles. The van der Waals surface area contributed by atoms with Gasteiger partial charge in [0, 0.05) is 38.3 Å². The molecule has 0 spiro atoms. The summed E-state index contributed by atoms with van der Waals surface area (Å²) in [6, 6.07) is 1.05. The Bertz CT molecular complexity index is 490. The number of carbonyl (C=O) groups is 2. The summed E-state index contributed by atoms with van der Waals surface area (Å²) in [5, 5.41) is 0. The minimum atomic E-state index is -0.796. The summed E-state index contributed by atoms with van der Waals surface area (Å²) in [6.45, 7) is 3.93. The van der Waals surface area contributed by atoms with Crippen molar-refractivity contribution in [2.24, 2.45) is 0 Å². The summed E-state index contributed by atoms with van der Waals surface area (Å²) in [6.07, 6.45) is 5.28. The highest BCUT2D eigenvalue weighted by Crippen LogP contribution is 2.39. The first-order valence-electron chi connectivity index (χ1n) is 9.37. The third-order valence-corrected chi connectivity index (χ3v) is 6.26. The van der Waals surface area contributed by atoms with E-state index in [1.54, 1.807) is 7.11 Å². The van der Waals surface area contributed by atoms with Crippen LogP contribution in [0.2, 0.25) is 0 Å². The van der Waals surface area contributed by atoms with E-state index < -0.39 is 5.60 Å². The molecule has 142 valence electrons. The summed E-state index contributed by atoms with van der Waals surface area (Å²) >= 11 is 0. The van der Waals surface area contributed by atoms with E-state index in [1.165, 1.54) is 7.11 Å². The summed E-state index contributed by atoms with van der Waals surface area (Å²) in [7, 11) is 3.00. The molecule has 3 rings (SSSR count). The van der Waals surface area contributed by atoms with Gasteiger partial charge in [0.25, 0.3) is 0 Å². The first-order chi connectivity index (χ1) is 12.0. The third-order valence-electron chi connectivity index (χ3n) is 6.26. The molecule has 3 fully saturated rings. The minimum absolute atomic E-state index is 0.156. The molecule has 3 aliphatic rings. The van der Waals surface area contributed by atoms with Crippen LogP contribution in [0.1, 0.15) is 45.4 Å². The van der Waals surface area contributed by atoms with E-state index in [0.717, 1.165) is 38.8 Å². The van der Waals surface area contributed by atoms with Crippen LogP contribution >= 0.6 is 0 Å². The average Bonchev–Trinajstić information content (AvgIpc) is 2.91. The van der Waals surface area contributed by atoms with E-state index in [1.807, 2.05) is 11.8 Å². The van der Waals surface area contributed by atoms with E-state index in [9.17, 15) is 9.59 Å². The molecular weight excluding hydrogens is 324 g/mol. The van der Waals surface area contributed by atoms with Gasteiger partial charge in [-0.25, -0.2) is 9.59 Å². The second kappa shape index (κ2) is 7.50. The van der Waals surface area contributed by atoms with Gasteiger partial charge in [-0.3, -0.25) is 4.90 Å². The summed E-state index contributed by atoms with van der Waals surface area (Å²) in [5.41, 5.74) is -0.796. The number of amides is 1. The van der Waals surface area contributed by atoms with Crippen LogP contribution in [0.4, 0.5) is 4.79 Å². The molecule has 7 nitrogen and oxygen atoms in total. The lowest BCUT2D eigenvalue weighted by Crippen LogP contribution is -2.57. The number of nitrogens with zero attached hydrogens (tertiary/aromatic N) is 2. The number of esters is 1. The highest BCUT2D eigenvalue weighted by Gasteiger charge is 2.48. The van der Waals surface area contributed by atoms with Crippen molar-refractivity contribution in [2.75, 3.05) is 33.9 Å². The van der Waals surface area contributed by atoms with Crippen LogP contribution in [0.25, 0.3) is 0 Å². The van der Waals surface area contributed by atoms with Gasteiger partial charge in [-0.05, 0) is 45.4 Å². The van der Waals surface area contributed by atoms with Crippen LogP contribution in [0.3, 0.4) is 0 Å². The van der Waals surface area contributed by atoms with E-state index in [0.29, 0.717) is 25.5 Å². The predicted octanol–water partition coefficient (Wildman–Crippen LogP) is 1.79. The first kappa shape index (κ1) is 18.5. The molecule has 0 aromatic rings. The molecule has 25 heavy (non-hydrogen) atoms. The summed E-state index contributed by atoms with van der Waals surface area (Å²) < 4.78 is 15.7. The van der Waals surface area contributed by atoms with Gasteiger partial charge in [-0.1, -0.05) is 0 Å². The lowest BCUT2D eigenvalue weighted by atomic mass is 9.88. The molecule has 3 aliphatic heterocycles. The van der Waals surface area contributed by atoms with Crippen molar-refractivity contribution in [1.82, 2.24) is 9.80 Å². The fourth-order valence-electron chi connectivity index (χ4n) is 4.87. The SMILES string of the molecule is CCOC(=O)N1C2CCC1CC(N1CCC(OC)(C(=O)OC)CC1)C2. The Labute approximate surface area is 149 Å². The highest BCUT2D eigenvalue weighted by molar-refractivity contribution is 5.79. The van der Waals surface area contributed by atoms with Crippen LogP contribution in [0.5, 0.6) is 0 Å². The number of rotatable bonds is 4. The Hall–Kier alpha value is -1.34. The molecule has 3 saturated heterocycles. The standard InChI is InChI=1S/C18H30N2O5/c1-4-25-17(22)20-13-5-6-14(20)12-15(11-13)19-9-7-18(24-3,8-10-19)16(21)23-2/h13-15H,4-12H2,1-3H3. The van der Waals surface area contributed by atoms with Crippen molar-refractivity contribution >= 4 is 12.1 Å². The molecule has 1 amide bonds. The monoisotopic (exact) mass is 354 g/mol. The number of likely N-dealkylation sites (tertiary alicyclic amines) is 1. The van der Waals surface area contributed by atoms with Crippen molar-refractivity contribution in [3.8, 4) is 0 Å². The molecule has 7 heteroatoms. The maximum atomic E-state index is 12.2. The van der Waals surface area contributed by atoms with Crippen molar-refractivity contribution < 1.29 is 23.8 Å². The fraction of sp³-hybridized carbons (Fsp3) is 0.889. The number of ether oxygens (including phenoxy) is 3. The molecule has 0 N–H and O–H groups in total. The average molecular weight is 354 g/mol.